The summed E-state index contributed by atoms with van der Waals surface area (Å²) in [5, 5.41) is 18.9. The molecule has 8 heteroatoms. The summed E-state index contributed by atoms with van der Waals surface area (Å²) in [6.07, 6.45) is 1.47. The second kappa shape index (κ2) is 8.74. The van der Waals surface area contributed by atoms with Crippen molar-refractivity contribution in [2.45, 2.75) is 12.8 Å². The van der Waals surface area contributed by atoms with Crippen molar-refractivity contribution >= 4 is 23.8 Å². The van der Waals surface area contributed by atoms with Gasteiger partial charge < -0.3 is 20.3 Å². The smallest absolute Gasteiger partial charge is 0.331 e. The van der Waals surface area contributed by atoms with Crippen LogP contribution in [-0.4, -0.2) is 47.2 Å². The van der Waals surface area contributed by atoms with Crippen molar-refractivity contribution in [3.05, 3.63) is 12.2 Å². The van der Waals surface area contributed by atoms with Gasteiger partial charge in [0.05, 0.1) is 0 Å². The molecule has 0 atom stereocenters. The van der Waals surface area contributed by atoms with Crippen LogP contribution in [0.3, 0.4) is 0 Å². The van der Waals surface area contributed by atoms with Crippen LogP contribution in [-0.2, 0) is 23.9 Å². The van der Waals surface area contributed by atoms with E-state index in [1.165, 1.54) is 0 Å². The van der Waals surface area contributed by atoms with Gasteiger partial charge in [0.1, 0.15) is 0 Å². The third-order valence-electron chi connectivity index (χ3n) is 1.60. The molecule has 0 radical (unpaired) electrons. The number of nitrogens with one attached hydrogen (secondary N) is 1. The van der Waals surface area contributed by atoms with E-state index in [2.05, 4.69) is 10.1 Å². The predicted molar refractivity (Wildman–Crippen MR) is 57.6 cm³/mol. The van der Waals surface area contributed by atoms with E-state index in [0.717, 1.165) is 0 Å². The summed E-state index contributed by atoms with van der Waals surface area (Å²) in [7, 11) is 0. The molecule has 1 amide bonds. The van der Waals surface area contributed by atoms with Gasteiger partial charge in [-0.05, 0) is 6.42 Å². The fraction of sp³-hybridized carbons (Fsp3) is 0.400. The molecule has 18 heavy (non-hydrogen) atoms. The van der Waals surface area contributed by atoms with Crippen molar-refractivity contribution in [2.24, 2.45) is 0 Å². The fourth-order valence-corrected chi connectivity index (χ4v) is 0.843. The van der Waals surface area contributed by atoms with E-state index >= 15 is 0 Å². The normalized spacial score (nSPS) is 10.0. The highest BCUT2D eigenvalue weighted by Gasteiger charge is 2.05. The first kappa shape index (κ1) is 15.6. The van der Waals surface area contributed by atoms with Crippen LogP contribution in [0, 0.1) is 0 Å². The standard InChI is InChI=1S/C10H13NO7/c12-7(11-5-1-2-8(13)14)6-18-10(17)4-3-9(15)16/h3-4H,1-2,5-6H2,(H,11,12)(H,13,14)(H,15,16)/b4-3+. The first-order valence-corrected chi connectivity index (χ1v) is 4.98. The average Bonchev–Trinajstić information content (AvgIpc) is 2.29. The van der Waals surface area contributed by atoms with E-state index in [1.54, 1.807) is 0 Å². The van der Waals surface area contributed by atoms with Gasteiger partial charge in [-0.15, -0.1) is 0 Å². The van der Waals surface area contributed by atoms with Crippen molar-refractivity contribution in [3.8, 4) is 0 Å². The molecule has 0 unspecified atom stereocenters. The Morgan fingerprint density at radius 2 is 1.78 bits per heavy atom. The Balaban J connectivity index is 3.67. The largest absolute Gasteiger partial charge is 0.481 e. The van der Waals surface area contributed by atoms with Gasteiger partial charge in [-0.25, -0.2) is 9.59 Å². The Morgan fingerprint density at radius 1 is 1.11 bits per heavy atom. The van der Waals surface area contributed by atoms with Crippen molar-refractivity contribution in [1.29, 1.82) is 0 Å². The lowest BCUT2D eigenvalue weighted by Crippen LogP contribution is -2.29. The van der Waals surface area contributed by atoms with Crippen LogP contribution in [0.1, 0.15) is 12.8 Å². The van der Waals surface area contributed by atoms with Gasteiger partial charge in [0.25, 0.3) is 5.91 Å². The molecule has 0 rings (SSSR count). The van der Waals surface area contributed by atoms with Crippen LogP contribution in [0.25, 0.3) is 0 Å². The fourth-order valence-electron chi connectivity index (χ4n) is 0.843. The maximum absolute atomic E-state index is 11.1. The van der Waals surface area contributed by atoms with Gasteiger partial charge in [-0.1, -0.05) is 0 Å². The Hall–Kier alpha value is -2.38. The first-order valence-electron chi connectivity index (χ1n) is 4.98. The number of carbonyl (C=O) groups is 4. The van der Waals surface area contributed by atoms with Crippen LogP contribution in [0.5, 0.6) is 0 Å². The quantitative estimate of drug-likeness (QED) is 0.294. The lowest BCUT2D eigenvalue weighted by molar-refractivity contribution is -0.144. The van der Waals surface area contributed by atoms with Crippen LogP contribution in [0.15, 0.2) is 12.2 Å². The number of esters is 1. The zero-order valence-corrected chi connectivity index (χ0v) is 9.42. The number of rotatable bonds is 8. The van der Waals surface area contributed by atoms with Crippen LogP contribution < -0.4 is 5.32 Å². The minimum Gasteiger partial charge on any atom is -0.481 e. The number of carbonyl (C=O) groups excluding carboxylic acids is 2. The van der Waals surface area contributed by atoms with E-state index in [9.17, 15) is 19.2 Å². The molecule has 3 N–H and O–H groups in total. The van der Waals surface area contributed by atoms with Gasteiger partial charge in [0.2, 0.25) is 0 Å². The number of hydrogen-bond donors (Lipinski definition) is 3. The third-order valence-corrected chi connectivity index (χ3v) is 1.60. The summed E-state index contributed by atoms with van der Waals surface area (Å²) in [6, 6.07) is 0. The van der Waals surface area contributed by atoms with E-state index in [1.807, 2.05) is 0 Å². The van der Waals surface area contributed by atoms with E-state index in [0.29, 0.717) is 12.2 Å². The van der Waals surface area contributed by atoms with Crippen molar-refractivity contribution < 1.29 is 34.1 Å². The highest BCUT2D eigenvalue weighted by atomic mass is 16.5. The Kier molecular flexibility index (Phi) is 7.58. The summed E-state index contributed by atoms with van der Waals surface area (Å²) in [6.45, 7) is -0.385. The minimum atomic E-state index is -1.30. The molecule has 0 saturated heterocycles. The molecule has 0 aromatic heterocycles. The molecule has 0 aliphatic heterocycles. The molecule has 0 bridgehead atoms. The van der Waals surface area contributed by atoms with Crippen LogP contribution in [0.2, 0.25) is 0 Å². The molecule has 100 valence electrons. The lowest BCUT2D eigenvalue weighted by atomic mass is 10.3. The number of ether oxygens (including phenoxy) is 1. The second-order valence-electron chi connectivity index (χ2n) is 3.13. The highest BCUT2D eigenvalue weighted by Crippen LogP contribution is 1.87. The number of carboxylic acid groups (broad SMARTS) is 2. The van der Waals surface area contributed by atoms with E-state index in [4.69, 9.17) is 10.2 Å². The topological polar surface area (TPSA) is 130 Å². The Morgan fingerprint density at radius 3 is 2.33 bits per heavy atom. The molecule has 8 nitrogen and oxygen atoms in total. The average molecular weight is 259 g/mol. The molecule has 0 fully saturated rings. The zero-order chi connectivity index (χ0) is 14.0. The van der Waals surface area contributed by atoms with Gasteiger partial charge >= 0.3 is 17.9 Å². The van der Waals surface area contributed by atoms with Crippen LogP contribution >= 0.6 is 0 Å². The molecule has 0 aliphatic carbocycles. The molecule has 0 aromatic rings. The monoisotopic (exact) mass is 259 g/mol. The number of hydrogen-bond acceptors (Lipinski definition) is 5. The maximum atomic E-state index is 11.1. The zero-order valence-electron chi connectivity index (χ0n) is 9.42. The Labute approximate surface area is 102 Å². The summed E-state index contributed by atoms with van der Waals surface area (Å²) < 4.78 is 4.41. The molecule has 0 aromatic carbocycles. The first-order chi connectivity index (χ1) is 8.41. The summed E-state index contributed by atoms with van der Waals surface area (Å²) in [5.74, 6) is -3.80. The van der Waals surface area contributed by atoms with Crippen molar-refractivity contribution in [2.75, 3.05) is 13.2 Å². The summed E-state index contributed by atoms with van der Waals surface area (Å²) >= 11 is 0. The second-order valence-corrected chi connectivity index (χ2v) is 3.13. The molecule has 0 aliphatic rings. The van der Waals surface area contributed by atoms with Crippen molar-refractivity contribution in [1.82, 2.24) is 5.32 Å². The van der Waals surface area contributed by atoms with Crippen molar-refractivity contribution in [3.63, 3.8) is 0 Å². The number of amides is 1. The molecule has 0 heterocycles. The third kappa shape index (κ3) is 10.1. The maximum Gasteiger partial charge on any atom is 0.331 e. The lowest BCUT2D eigenvalue weighted by Gasteiger charge is -2.03. The van der Waals surface area contributed by atoms with Gasteiger partial charge in [-0.3, -0.25) is 9.59 Å². The minimum absolute atomic E-state index is 0.0680. The van der Waals surface area contributed by atoms with Gasteiger partial charge in [-0.2, -0.15) is 0 Å². The summed E-state index contributed by atoms with van der Waals surface area (Å²) in [4.78, 5) is 42.1. The Bertz CT molecular complexity index is 361. The predicted octanol–water partition coefficient (Wildman–Crippen LogP) is -0.849. The number of carboxylic acids is 2. The highest BCUT2D eigenvalue weighted by molar-refractivity contribution is 5.91. The molecule has 0 spiro atoms. The van der Waals surface area contributed by atoms with Gasteiger partial charge in [0, 0.05) is 25.1 Å². The molecule has 0 saturated carbocycles. The van der Waals surface area contributed by atoms with Gasteiger partial charge in [0.15, 0.2) is 6.61 Å². The molecular weight excluding hydrogens is 246 g/mol. The molecular formula is C10H13NO7. The van der Waals surface area contributed by atoms with E-state index < -0.39 is 30.4 Å². The van der Waals surface area contributed by atoms with Crippen LogP contribution in [0.4, 0.5) is 0 Å². The number of aliphatic carboxylic acids is 2. The SMILES string of the molecule is O=C(O)/C=C/C(=O)OCC(=O)NCCCC(=O)O. The van der Waals surface area contributed by atoms with E-state index in [-0.39, 0.29) is 19.4 Å². The summed E-state index contributed by atoms with van der Waals surface area (Å²) in [5.41, 5.74) is 0.